The number of halogens is 2. The van der Waals surface area contributed by atoms with E-state index < -0.39 is 30.4 Å². The quantitative estimate of drug-likeness (QED) is 0.686. The van der Waals surface area contributed by atoms with Gasteiger partial charge in [0.1, 0.15) is 17.3 Å². The van der Waals surface area contributed by atoms with Gasteiger partial charge in [-0.3, -0.25) is 4.79 Å². The van der Waals surface area contributed by atoms with E-state index in [1.54, 1.807) is 37.4 Å². The summed E-state index contributed by atoms with van der Waals surface area (Å²) in [6.45, 7) is 0.948. The van der Waals surface area contributed by atoms with Crippen LogP contribution in [0, 0.1) is 5.82 Å². The summed E-state index contributed by atoms with van der Waals surface area (Å²) in [5, 5.41) is 2.33. The molecule has 1 amide bonds. The maximum Gasteiger partial charge on any atom is 0.347 e. The third kappa shape index (κ3) is 5.73. The van der Waals surface area contributed by atoms with Gasteiger partial charge in [0.05, 0.1) is 12.8 Å². The number of hydrogen-bond donors (Lipinski definition) is 1. The van der Waals surface area contributed by atoms with Crippen LogP contribution < -0.4 is 14.8 Å². The Hall–Kier alpha value is -2.61. The second-order valence-electron chi connectivity index (χ2n) is 5.22. The molecule has 0 saturated carbocycles. The number of amides is 1. The average molecular weight is 426 g/mol. The summed E-state index contributed by atoms with van der Waals surface area (Å²) in [6.07, 6.45) is -0.916. The fourth-order valence-electron chi connectivity index (χ4n) is 1.94. The highest BCUT2D eigenvalue weighted by Gasteiger charge is 2.18. The molecule has 1 unspecified atom stereocenters. The van der Waals surface area contributed by atoms with E-state index in [4.69, 9.17) is 14.2 Å². The van der Waals surface area contributed by atoms with Gasteiger partial charge in [0.2, 0.25) is 0 Å². The van der Waals surface area contributed by atoms with Crippen LogP contribution in [-0.4, -0.2) is 31.7 Å². The number of benzene rings is 2. The summed E-state index contributed by atoms with van der Waals surface area (Å²) < 4.78 is 29.5. The Kier molecular flexibility index (Phi) is 6.97. The Morgan fingerprint density at radius 1 is 1.15 bits per heavy atom. The van der Waals surface area contributed by atoms with Crippen LogP contribution >= 0.6 is 15.9 Å². The summed E-state index contributed by atoms with van der Waals surface area (Å²) in [5.41, 5.74) is -0.00298. The summed E-state index contributed by atoms with van der Waals surface area (Å²) in [4.78, 5) is 23.7. The van der Waals surface area contributed by atoms with E-state index in [0.717, 1.165) is 0 Å². The van der Waals surface area contributed by atoms with Crippen LogP contribution in [0.4, 0.5) is 10.1 Å². The highest BCUT2D eigenvalue weighted by Crippen LogP contribution is 2.20. The van der Waals surface area contributed by atoms with Gasteiger partial charge in [0, 0.05) is 4.47 Å². The zero-order valence-electron chi connectivity index (χ0n) is 14.1. The Morgan fingerprint density at radius 3 is 2.42 bits per heavy atom. The second-order valence-corrected chi connectivity index (χ2v) is 6.13. The lowest BCUT2D eigenvalue weighted by atomic mass is 10.3. The van der Waals surface area contributed by atoms with Gasteiger partial charge < -0.3 is 19.5 Å². The van der Waals surface area contributed by atoms with Crippen molar-refractivity contribution >= 4 is 33.5 Å². The van der Waals surface area contributed by atoms with E-state index in [2.05, 4.69) is 21.2 Å². The molecule has 2 aromatic rings. The Bertz CT molecular complexity index is 782. The number of esters is 1. The topological polar surface area (TPSA) is 73.9 Å². The summed E-state index contributed by atoms with van der Waals surface area (Å²) in [6, 6.07) is 10.9. The lowest BCUT2D eigenvalue weighted by Gasteiger charge is -2.14. The molecule has 6 nitrogen and oxygen atoms in total. The fourth-order valence-corrected chi connectivity index (χ4v) is 2.27. The number of hydrogen-bond acceptors (Lipinski definition) is 5. The molecule has 26 heavy (non-hydrogen) atoms. The lowest BCUT2D eigenvalue weighted by Crippen LogP contribution is -2.29. The molecule has 0 fully saturated rings. The molecule has 0 heterocycles. The largest absolute Gasteiger partial charge is 0.497 e. The van der Waals surface area contributed by atoms with Gasteiger partial charge in [-0.05, 0) is 49.4 Å². The van der Waals surface area contributed by atoms with Crippen molar-refractivity contribution in [1.82, 2.24) is 0 Å². The maximum absolute atomic E-state index is 13.7. The molecule has 138 valence electrons. The number of ether oxygens (including phenoxy) is 3. The molecule has 1 atom stereocenters. The van der Waals surface area contributed by atoms with Crippen LogP contribution in [0.25, 0.3) is 0 Å². The first kappa shape index (κ1) is 19.7. The zero-order valence-corrected chi connectivity index (χ0v) is 15.7. The predicted molar refractivity (Wildman–Crippen MR) is 96.8 cm³/mol. The first-order valence-corrected chi connectivity index (χ1v) is 8.40. The van der Waals surface area contributed by atoms with Crippen molar-refractivity contribution < 1.29 is 28.2 Å². The van der Waals surface area contributed by atoms with Gasteiger partial charge in [0.25, 0.3) is 5.91 Å². The van der Waals surface area contributed by atoms with Crippen LogP contribution in [-0.2, 0) is 14.3 Å². The fraction of sp³-hybridized carbons (Fsp3) is 0.222. The second kappa shape index (κ2) is 9.19. The van der Waals surface area contributed by atoms with Crippen LogP contribution in [0.15, 0.2) is 46.9 Å². The van der Waals surface area contributed by atoms with E-state index in [1.807, 2.05) is 0 Å². The van der Waals surface area contributed by atoms with Gasteiger partial charge in [-0.2, -0.15) is 0 Å². The van der Waals surface area contributed by atoms with E-state index in [-0.39, 0.29) is 5.69 Å². The molecule has 2 aromatic carbocycles. The molecule has 0 spiro atoms. The van der Waals surface area contributed by atoms with Crippen molar-refractivity contribution in [2.75, 3.05) is 19.0 Å². The Morgan fingerprint density at radius 2 is 1.81 bits per heavy atom. The number of methoxy groups -OCH3 is 1. The molecule has 8 heteroatoms. The predicted octanol–water partition coefficient (Wildman–Crippen LogP) is 3.55. The van der Waals surface area contributed by atoms with Gasteiger partial charge in [-0.1, -0.05) is 15.9 Å². The monoisotopic (exact) mass is 425 g/mol. The van der Waals surface area contributed by atoms with Crippen LogP contribution in [0.5, 0.6) is 11.5 Å². The first-order valence-electron chi connectivity index (χ1n) is 7.61. The van der Waals surface area contributed by atoms with E-state index in [9.17, 15) is 14.0 Å². The molecule has 0 aliphatic rings. The number of carbonyl (C=O) groups is 2. The van der Waals surface area contributed by atoms with E-state index in [0.29, 0.717) is 16.0 Å². The Balaban J connectivity index is 1.81. The van der Waals surface area contributed by atoms with E-state index >= 15 is 0 Å². The van der Waals surface area contributed by atoms with Crippen molar-refractivity contribution in [3.8, 4) is 11.5 Å². The summed E-state index contributed by atoms with van der Waals surface area (Å²) >= 11 is 3.12. The normalized spacial score (nSPS) is 11.4. The van der Waals surface area contributed by atoms with E-state index in [1.165, 1.54) is 19.1 Å². The molecular formula is C18H17BrFNO5. The van der Waals surface area contributed by atoms with Crippen LogP contribution in [0.1, 0.15) is 6.92 Å². The number of carbonyl (C=O) groups excluding carboxylic acids is 2. The smallest absolute Gasteiger partial charge is 0.347 e. The number of nitrogens with one attached hydrogen (secondary N) is 1. The highest BCUT2D eigenvalue weighted by atomic mass is 79.9. The summed E-state index contributed by atoms with van der Waals surface area (Å²) in [5.74, 6) is -0.861. The molecule has 0 aliphatic heterocycles. The van der Waals surface area contributed by atoms with Gasteiger partial charge in [-0.25, -0.2) is 9.18 Å². The number of rotatable bonds is 7. The van der Waals surface area contributed by atoms with Crippen LogP contribution in [0.3, 0.4) is 0 Å². The molecule has 1 N–H and O–H groups in total. The Labute approximate surface area is 158 Å². The lowest BCUT2D eigenvalue weighted by molar-refractivity contribution is -0.153. The zero-order chi connectivity index (χ0) is 19.1. The van der Waals surface area contributed by atoms with Crippen molar-refractivity contribution in [3.05, 3.63) is 52.8 Å². The summed E-state index contributed by atoms with van der Waals surface area (Å²) in [7, 11) is 1.54. The minimum absolute atomic E-state index is 0.00298. The molecule has 0 aliphatic carbocycles. The molecule has 2 rings (SSSR count). The van der Waals surface area contributed by atoms with Crippen LogP contribution in [0.2, 0.25) is 0 Å². The molecular weight excluding hydrogens is 409 g/mol. The van der Waals surface area contributed by atoms with Crippen molar-refractivity contribution in [3.63, 3.8) is 0 Å². The maximum atomic E-state index is 13.7. The average Bonchev–Trinajstić information content (AvgIpc) is 2.62. The van der Waals surface area contributed by atoms with Crippen molar-refractivity contribution in [2.24, 2.45) is 0 Å². The van der Waals surface area contributed by atoms with Crippen molar-refractivity contribution in [1.29, 1.82) is 0 Å². The molecule has 0 saturated heterocycles. The number of anilines is 1. The molecule has 0 aromatic heterocycles. The minimum Gasteiger partial charge on any atom is -0.497 e. The minimum atomic E-state index is -0.916. The highest BCUT2D eigenvalue weighted by molar-refractivity contribution is 9.10. The third-order valence-electron chi connectivity index (χ3n) is 3.25. The third-order valence-corrected chi connectivity index (χ3v) is 3.75. The van der Waals surface area contributed by atoms with Gasteiger partial charge >= 0.3 is 5.97 Å². The van der Waals surface area contributed by atoms with Crippen molar-refractivity contribution in [2.45, 2.75) is 13.0 Å². The molecule has 0 radical (unpaired) electrons. The SMILES string of the molecule is COc1ccc(OC(C)C(=O)OCC(=O)Nc2ccc(Br)cc2F)cc1. The van der Waals surface area contributed by atoms with Gasteiger partial charge in [0.15, 0.2) is 12.7 Å². The van der Waals surface area contributed by atoms with Gasteiger partial charge in [-0.15, -0.1) is 0 Å². The standard InChI is InChI=1S/C18H17BrFNO5/c1-11(26-14-6-4-13(24-2)5-7-14)18(23)25-10-17(22)21-16-8-3-12(19)9-15(16)20/h3-9,11H,10H2,1-2H3,(H,21,22). The molecule has 0 bridgehead atoms. The first-order chi connectivity index (χ1) is 12.4.